The van der Waals surface area contributed by atoms with Crippen LogP contribution in [0.15, 0.2) is 45.8 Å². The van der Waals surface area contributed by atoms with Crippen molar-refractivity contribution in [2.24, 2.45) is 0 Å². The fourth-order valence-electron chi connectivity index (χ4n) is 2.05. The van der Waals surface area contributed by atoms with Gasteiger partial charge in [-0.25, -0.2) is 13.4 Å². The molecule has 21 heavy (non-hydrogen) atoms. The first kappa shape index (κ1) is 14.1. The van der Waals surface area contributed by atoms with E-state index in [1.807, 2.05) is 12.1 Å². The minimum Gasteiger partial charge on any atom is -0.398 e. The second-order valence-corrected chi connectivity index (χ2v) is 7.64. The minimum atomic E-state index is -3.24. The Hall–Kier alpha value is -1.86. The molecule has 5 nitrogen and oxygen atoms in total. The molecule has 0 amide bonds. The summed E-state index contributed by atoms with van der Waals surface area (Å²) >= 11 is 3.35. The third-order valence-electron chi connectivity index (χ3n) is 3.15. The van der Waals surface area contributed by atoms with E-state index < -0.39 is 9.84 Å². The number of aromatic nitrogens is 2. The van der Waals surface area contributed by atoms with Crippen molar-refractivity contribution >= 4 is 42.5 Å². The van der Waals surface area contributed by atoms with E-state index in [0.717, 1.165) is 10.0 Å². The Bertz CT molecular complexity index is 948. The van der Waals surface area contributed by atoms with E-state index in [9.17, 15) is 8.42 Å². The lowest BCUT2D eigenvalue weighted by Gasteiger charge is -2.00. The van der Waals surface area contributed by atoms with Gasteiger partial charge in [0.1, 0.15) is 5.82 Å². The Morgan fingerprint density at radius 1 is 1.19 bits per heavy atom. The highest BCUT2D eigenvalue weighted by atomic mass is 79.9. The van der Waals surface area contributed by atoms with Crippen molar-refractivity contribution in [3.05, 3.63) is 40.9 Å². The number of nitrogen functional groups attached to an aromatic ring is 1. The van der Waals surface area contributed by atoms with Crippen molar-refractivity contribution in [1.29, 1.82) is 0 Å². The van der Waals surface area contributed by atoms with Crippen LogP contribution in [-0.2, 0) is 9.84 Å². The Morgan fingerprint density at radius 2 is 1.95 bits per heavy atom. The molecule has 0 fully saturated rings. The van der Waals surface area contributed by atoms with E-state index >= 15 is 0 Å². The van der Waals surface area contributed by atoms with Gasteiger partial charge in [-0.05, 0) is 52.3 Å². The van der Waals surface area contributed by atoms with Crippen molar-refractivity contribution in [3.63, 3.8) is 0 Å². The van der Waals surface area contributed by atoms with E-state index in [4.69, 9.17) is 5.73 Å². The topological polar surface area (TPSA) is 88.8 Å². The molecule has 7 heteroatoms. The number of hydrogen-bond acceptors (Lipinski definition) is 4. The molecule has 0 spiro atoms. The number of nitrogens with two attached hydrogens (primary N) is 1. The largest absolute Gasteiger partial charge is 0.398 e. The number of H-pyrrole nitrogens is 1. The first-order chi connectivity index (χ1) is 9.84. The lowest BCUT2D eigenvalue weighted by molar-refractivity contribution is 0.602. The number of nitrogens with zero attached hydrogens (tertiary/aromatic N) is 1. The predicted molar refractivity (Wildman–Crippen MR) is 86.8 cm³/mol. The second kappa shape index (κ2) is 4.85. The number of fused-ring (bicyclic) bond motifs is 1. The molecule has 0 radical (unpaired) electrons. The van der Waals surface area contributed by atoms with Crippen LogP contribution in [0.3, 0.4) is 0 Å². The zero-order chi connectivity index (χ0) is 15.2. The highest BCUT2D eigenvalue weighted by Crippen LogP contribution is 2.27. The van der Waals surface area contributed by atoms with Crippen LogP contribution < -0.4 is 5.73 Å². The van der Waals surface area contributed by atoms with Crippen LogP contribution in [-0.4, -0.2) is 24.6 Å². The summed E-state index contributed by atoms with van der Waals surface area (Å²) in [6.07, 6.45) is 1.18. The molecule has 0 saturated carbocycles. The number of benzene rings is 2. The van der Waals surface area contributed by atoms with Gasteiger partial charge in [0.2, 0.25) is 0 Å². The average Bonchev–Trinajstić information content (AvgIpc) is 2.83. The zero-order valence-electron chi connectivity index (χ0n) is 11.1. The summed E-state index contributed by atoms with van der Waals surface area (Å²) in [7, 11) is -3.24. The first-order valence-corrected chi connectivity index (χ1v) is 8.78. The van der Waals surface area contributed by atoms with Crippen molar-refractivity contribution in [1.82, 2.24) is 9.97 Å². The number of hydrogen-bond donors (Lipinski definition) is 2. The smallest absolute Gasteiger partial charge is 0.175 e. The molecule has 0 atom stereocenters. The SMILES string of the molecule is CS(=O)(=O)c1ccc2nc(-c3ccc(Br)c(N)c3)[nH]c2c1. The molecule has 0 bridgehead atoms. The predicted octanol–water partition coefficient (Wildman–Crippen LogP) is 2.98. The summed E-state index contributed by atoms with van der Waals surface area (Å²) in [6, 6.07) is 10.4. The maximum Gasteiger partial charge on any atom is 0.175 e. The van der Waals surface area contributed by atoms with Gasteiger partial charge in [-0.2, -0.15) is 0 Å². The van der Waals surface area contributed by atoms with E-state index in [1.54, 1.807) is 24.3 Å². The van der Waals surface area contributed by atoms with Gasteiger partial charge in [0.15, 0.2) is 9.84 Å². The summed E-state index contributed by atoms with van der Waals surface area (Å²) in [5.74, 6) is 0.648. The van der Waals surface area contributed by atoms with E-state index in [2.05, 4.69) is 25.9 Å². The third kappa shape index (κ3) is 2.66. The minimum absolute atomic E-state index is 0.264. The van der Waals surface area contributed by atoms with Gasteiger partial charge < -0.3 is 10.7 Å². The number of aromatic amines is 1. The zero-order valence-corrected chi connectivity index (χ0v) is 13.5. The van der Waals surface area contributed by atoms with E-state index in [0.29, 0.717) is 22.5 Å². The van der Waals surface area contributed by atoms with Gasteiger partial charge in [0.05, 0.1) is 15.9 Å². The van der Waals surface area contributed by atoms with Gasteiger partial charge in [-0.3, -0.25) is 0 Å². The highest BCUT2D eigenvalue weighted by Gasteiger charge is 2.11. The van der Waals surface area contributed by atoms with Gasteiger partial charge in [0, 0.05) is 22.0 Å². The molecule has 1 heterocycles. The third-order valence-corrected chi connectivity index (χ3v) is 4.98. The highest BCUT2D eigenvalue weighted by molar-refractivity contribution is 9.10. The van der Waals surface area contributed by atoms with Crippen LogP contribution >= 0.6 is 15.9 Å². The Balaban J connectivity index is 2.14. The molecule has 3 N–H and O–H groups in total. The maximum atomic E-state index is 11.6. The molecule has 0 aliphatic carbocycles. The molecule has 108 valence electrons. The lowest BCUT2D eigenvalue weighted by atomic mass is 10.2. The number of anilines is 1. The molecule has 0 unspecified atom stereocenters. The van der Waals surface area contributed by atoms with E-state index in [-0.39, 0.29) is 4.90 Å². The van der Waals surface area contributed by atoms with Crippen molar-refractivity contribution in [2.45, 2.75) is 4.90 Å². The Labute approximate surface area is 130 Å². The number of rotatable bonds is 2. The number of halogens is 1. The second-order valence-electron chi connectivity index (χ2n) is 4.77. The van der Waals surface area contributed by atoms with Gasteiger partial charge in [-0.1, -0.05) is 0 Å². The molecular formula is C14H12BrN3O2S. The average molecular weight is 366 g/mol. The van der Waals surface area contributed by atoms with Gasteiger partial charge in [0.25, 0.3) is 0 Å². The molecule has 3 rings (SSSR count). The van der Waals surface area contributed by atoms with Crippen LogP contribution in [0.4, 0.5) is 5.69 Å². The summed E-state index contributed by atoms with van der Waals surface area (Å²) < 4.78 is 24.0. The van der Waals surface area contributed by atoms with Gasteiger partial charge >= 0.3 is 0 Å². The van der Waals surface area contributed by atoms with Crippen molar-refractivity contribution < 1.29 is 8.42 Å². The fraction of sp³-hybridized carbons (Fsp3) is 0.0714. The monoisotopic (exact) mass is 365 g/mol. The molecule has 0 aliphatic rings. The normalized spacial score (nSPS) is 11.9. The Morgan fingerprint density at radius 3 is 2.62 bits per heavy atom. The fourth-order valence-corrected chi connectivity index (χ4v) is 2.94. The molecule has 2 aromatic carbocycles. The number of nitrogens with one attached hydrogen (secondary N) is 1. The van der Waals surface area contributed by atoms with Gasteiger partial charge in [-0.15, -0.1) is 0 Å². The standard InChI is InChI=1S/C14H12BrN3O2S/c1-21(19,20)9-3-5-12-13(7-9)18-14(17-12)8-2-4-10(15)11(16)6-8/h2-7H,16H2,1H3,(H,17,18). The van der Waals surface area contributed by atoms with Crippen LogP contribution in [0.2, 0.25) is 0 Å². The summed E-state index contributed by atoms with van der Waals surface area (Å²) in [5.41, 5.74) is 8.70. The molecule has 3 aromatic rings. The van der Waals surface area contributed by atoms with Crippen molar-refractivity contribution in [2.75, 3.05) is 12.0 Å². The lowest BCUT2D eigenvalue weighted by Crippen LogP contribution is -1.96. The maximum absolute atomic E-state index is 11.6. The first-order valence-electron chi connectivity index (χ1n) is 6.10. The summed E-state index contributed by atoms with van der Waals surface area (Å²) in [6.45, 7) is 0. The van der Waals surface area contributed by atoms with Crippen LogP contribution in [0.1, 0.15) is 0 Å². The van der Waals surface area contributed by atoms with Crippen LogP contribution in [0.25, 0.3) is 22.4 Å². The summed E-state index contributed by atoms with van der Waals surface area (Å²) in [4.78, 5) is 7.84. The Kier molecular flexibility index (Phi) is 3.26. The quantitative estimate of drug-likeness (QED) is 0.683. The number of sulfone groups is 1. The van der Waals surface area contributed by atoms with Crippen LogP contribution in [0, 0.1) is 0 Å². The molecule has 0 saturated heterocycles. The van der Waals surface area contributed by atoms with Crippen molar-refractivity contribution in [3.8, 4) is 11.4 Å². The molecule has 0 aliphatic heterocycles. The number of imidazole rings is 1. The molecule has 1 aromatic heterocycles. The van der Waals surface area contributed by atoms with E-state index in [1.165, 1.54) is 6.26 Å². The summed E-state index contributed by atoms with van der Waals surface area (Å²) in [5, 5.41) is 0. The van der Waals surface area contributed by atoms with Crippen LogP contribution in [0.5, 0.6) is 0 Å². The molecular weight excluding hydrogens is 354 g/mol.